The van der Waals surface area contributed by atoms with Crippen LogP contribution in [0.5, 0.6) is 0 Å². The van der Waals surface area contributed by atoms with Crippen LogP contribution in [0, 0.1) is 5.41 Å². The van der Waals surface area contributed by atoms with E-state index in [4.69, 9.17) is 11.1 Å². The minimum absolute atomic E-state index is 0.120. The van der Waals surface area contributed by atoms with Crippen molar-refractivity contribution < 1.29 is 0 Å². The van der Waals surface area contributed by atoms with Gasteiger partial charge in [-0.3, -0.25) is 5.41 Å². The fraction of sp³-hybridized carbons (Fsp3) is 0.0667. The van der Waals surface area contributed by atoms with Gasteiger partial charge in [0.25, 0.3) is 0 Å². The van der Waals surface area contributed by atoms with Gasteiger partial charge >= 0.3 is 0 Å². The van der Waals surface area contributed by atoms with Gasteiger partial charge in [0.2, 0.25) is 0 Å². The van der Waals surface area contributed by atoms with E-state index in [1.54, 1.807) is 18.2 Å². The van der Waals surface area contributed by atoms with Crippen molar-refractivity contribution in [3.8, 4) is 0 Å². The predicted octanol–water partition coefficient (Wildman–Crippen LogP) is 3.06. The summed E-state index contributed by atoms with van der Waals surface area (Å²) in [7, 11) is 0. The number of hydrogen-bond acceptors (Lipinski definition) is 1. The summed E-state index contributed by atoms with van der Waals surface area (Å²) in [6, 6.07) is 9.39. The lowest BCUT2D eigenvalue weighted by atomic mass is 10.2. The lowest BCUT2D eigenvalue weighted by molar-refractivity contribution is 1.40. The van der Waals surface area contributed by atoms with Gasteiger partial charge in [0, 0.05) is 11.1 Å². The summed E-state index contributed by atoms with van der Waals surface area (Å²) in [5, 5.41) is 7.90. The molecule has 0 saturated heterocycles. The Hall–Kier alpha value is -2.42. The maximum absolute atomic E-state index is 7.90. The number of nitrogens with zero attached hydrogens (tertiary/aromatic N) is 1. The first-order valence-corrected chi connectivity index (χ1v) is 5.63. The molecule has 0 bridgehead atoms. The van der Waals surface area contributed by atoms with Crippen molar-refractivity contribution in [1.29, 1.82) is 5.41 Å². The Kier molecular flexibility index (Phi) is 5.32. The molecule has 0 saturated carbocycles. The molecular formula is C15H17N3. The third-order valence-electron chi connectivity index (χ3n) is 2.22. The molecule has 0 aliphatic carbocycles. The van der Waals surface area contributed by atoms with E-state index in [1.165, 1.54) is 0 Å². The molecule has 0 aliphatic heterocycles. The second-order valence-electron chi connectivity index (χ2n) is 3.57. The molecule has 1 rings (SSSR count). The Morgan fingerprint density at radius 3 is 2.56 bits per heavy atom. The molecule has 1 aromatic rings. The molecule has 18 heavy (non-hydrogen) atoms. The molecule has 3 nitrogen and oxygen atoms in total. The van der Waals surface area contributed by atoms with E-state index in [0.717, 1.165) is 5.56 Å². The summed E-state index contributed by atoms with van der Waals surface area (Å²) in [5.74, 6) is 0.453. The van der Waals surface area contributed by atoms with Crippen LogP contribution in [0.15, 0.2) is 71.8 Å². The molecule has 0 fully saturated rings. The van der Waals surface area contributed by atoms with E-state index in [2.05, 4.69) is 11.6 Å². The first-order chi connectivity index (χ1) is 8.69. The molecule has 0 aromatic heterocycles. The fourth-order valence-corrected chi connectivity index (χ4v) is 1.38. The highest BCUT2D eigenvalue weighted by molar-refractivity contribution is 6.10. The summed E-state index contributed by atoms with van der Waals surface area (Å²) in [6.07, 6.45) is 6.99. The fourth-order valence-electron chi connectivity index (χ4n) is 1.38. The number of aliphatic imine (C=N–C) groups is 1. The first-order valence-electron chi connectivity index (χ1n) is 5.63. The quantitative estimate of drug-likeness (QED) is 0.473. The maximum atomic E-state index is 7.90. The van der Waals surface area contributed by atoms with Crippen LogP contribution in [0.1, 0.15) is 12.5 Å². The Morgan fingerprint density at radius 1 is 1.33 bits per heavy atom. The van der Waals surface area contributed by atoms with Crippen molar-refractivity contribution >= 4 is 11.7 Å². The minimum atomic E-state index is 0.120. The van der Waals surface area contributed by atoms with Gasteiger partial charge in [-0.05, 0) is 6.92 Å². The Labute approximate surface area is 108 Å². The Bertz CT molecular complexity index is 508. The van der Waals surface area contributed by atoms with Crippen molar-refractivity contribution in [1.82, 2.24) is 0 Å². The molecule has 0 spiro atoms. The first kappa shape index (κ1) is 13.6. The van der Waals surface area contributed by atoms with Crippen LogP contribution in [0.3, 0.4) is 0 Å². The molecule has 3 N–H and O–H groups in total. The van der Waals surface area contributed by atoms with Gasteiger partial charge in [0.05, 0.1) is 0 Å². The molecule has 3 heteroatoms. The van der Waals surface area contributed by atoms with Crippen LogP contribution in [-0.2, 0) is 0 Å². The Balaban J connectivity index is 2.98. The monoisotopic (exact) mass is 239 g/mol. The van der Waals surface area contributed by atoms with Crippen LogP contribution < -0.4 is 5.73 Å². The maximum Gasteiger partial charge on any atom is 0.154 e. The van der Waals surface area contributed by atoms with Crippen LogP contribution in [-0.4, -0.2) is 11.7 Å². The average molecular weight is 239 g/mol. The topological polar surface area (TPSA) is 62.2 Å². The van der Waals surface area contributed by atoms with Gasteiger partial charge < -0.3 is 5.73 Å². The van der Waals surface area contributed by atoms with Crippen molar-refractivity contribution in [2.75, 3.05) is 0 Å². The number of benzene rings is 1. The third-order valence-corrected chi connectivity index (χ3v) is 2.22. The summed E-state index contributed by atoms with van der Waals surface area (Å²) in [4.78, 5) is 4.10. The van der Waals surface area contributed by atoms with Crippen molar-refractivity contribution in [3.05, 3.63) is 72.4 Å². The zero-order valence-electron chi connectivity index (χ0n) is 10.4. The molecule has 0 radical (unpaired) electrons. The normalized spacial score (nSPS) is 12.7. The zero-order chi connectivity index (χ0) is 13.4. The van der Waals surface area contributed by atoms with Crippen molar-refractivity contribution in [3.63, 3.8) is 0 Å². The molecular weight excluding hydrogens is 222 g/mol. The molecule has 0 heterocycles. The molecule has 0 aliphatic rings. The second-order valence-corrected chi connectivity index (χ2v) is 3.57. The van der Waals surface area contributed by atoms with Gasteiger partial charge in [-0.25, -0.2) is 4.99 Å². The largest absolute Gasteiger partial charge is 0.383 e. The lowest BCUT2D eigenvalue weighted by Crippen LogP contribution is -2.15. The molecule has 0 atom stereocenters. The Morgan fingerprint density at radius 2 is 2.00 bits per heavy atom. The number of hydrogen-bond donors (Lipinski definition) is 2. The van der Waals surface area contributed by atoms with Gasteiger partial charge in [-0.1, -0.05) is 61.2 Å². The highest BCUT2D eigenvalue weighted by Crippen LogP contribution is 2.04. The van der Waals surface area contributed by atoms with Crippen LogP contribution in [0.25, 0.3) is 0 Å². The van der Waals surface area contributed by atoms with Crippen molar-refractivity contribution in [2.24, 2.45) is 10.7 Å². The SMILES string of the molecule is C=C/C=C(\C=C/C)C(=N)N=C(N)c1ccccc1. The molecule has 92 valence electrons. The van der Waals surface area contributed by atoms with Gasteiger partial charge in [-0.15, -0.1) is 0 Å². The van der Waals surface area contributed by atoms with E-state index >= 15 is 0 Å². The number of allylic oxidation sites excluding steroid dienone is 3. The van der Waals surface area contributed by atoms with E-state index in [0.29, 0.717) is 11.4 Å². The summed E-state index contributed by atoms with van der Waals surface area (Å²) in [5.41, 5.74) is 7.34. The predicted molar refractivity (Wildman–Crippen MR) is 78.0 cm³/mol. The van der Waals surface area contributed by atoms with E-state index in [-0.39, 0.29) is 5.84 Å². The standard InChI is InChI=1S/C15H17N3/c1-3-8-12(9-4-2)14(16)18-15(17)13-10-6-5-7-11-13/h3-11H,1H2,2H3,(H3,16,17,18)/b9-4-,12-8+. The van der Waals surface area contributed by atoms with Gasteiger partial charge in [0.1, 0.15) is 5.84 Å². The number of rotatable bonds is 4. The summed E-state index contributed by atoms with van der Waals surface area (Å²) < 4.78 is 0. The highest BCUT2D eigenvalue weighted by Gasteiger charge is 2.02. The summed E-state index contributed by atoms with van der Waals surface area (Å²) >= 11 is 0. The van der Waals surface area contributed by atoms with E-state index in [9.17, 15) is 0 Å². The molecule has 0 amide bonds. The van der Waals surface area contributed by atoms with Gasteiger partial charge in [0.15, 0.2) is 5.84 Å². The van der Waals surface area contributed by atoms with Crippen LogP contribution in [0.4, 0.5) is 0 Å². The average Bonchev–Trinajstić information content (AvgIpc) is 2.39. The highest BCUT2D eigenvalue weighted by atomic mass is 14.9. The summed E-state index contributed by atoms with van der Waals surface area (Å²) in [6.45, 7) is 5.50. The van der Waals surface area contributed by atoms with Crippen LogP contribution in [0.2, 0.25) is 0 Å². The number of nitrogens with two attached hydrogens (primary N) is 1. The third kappa shape index (κ3) is 3.87. The second kappa shape index (κ2) is 7.01. The molecule has 1 aromatic carbocycles. The van der Waals surface area contributed by atoms with Crippen LogP contribution >= 0.6 is 0 Å². The molecule has 0 unspecified atom stereocenters. The van der Waals surface area contributed by atoms with Crippen molar-refractivity contribution in [2.45, 2.75) is 6.92 Å². The van der Waals surface area contributed by atoms with Gasteiger partial charge in [-0.2, -0.15) is 0 Å². The number of nitrogens with one attached hydrogen (secondary N) is 1. The van der Waals surface area contributed by atoms with E-state index < -0.39 is 0 Å². The van der Waals surface area contributed by atoms with E-state index in [1.807, 2.05) is 43.3 Å². The number of amidine groups is 2. The zero-order valence-corrected chi connectivity index (χ0v) is 10.4. The minimum Gasteiger partial charge on any atom is -0.383 e. The smallest absolute Gasteiger partial charge is 0.154 e. The lowest BCUT2D eigenvalue weighted by Gasteiger charge is -2.02.